The molecule has 1 aromatic carbocycles. The number of aromatic nitrogens is 2. The van der Waals surface area contributed by atoms with Crippen molar-refractivity contribution in [3.63, 3.8) is 0 Å². The van der Waals surface area contributed by atoms with Crippen molar-refractivity contribution < 1.29 is 9.90 Å². The van der Waals surface area contributed by atoms with Gasteiger partial charge in [0.1, 0.15) is 6.10 Å². The molecule has 0 saturated carbocycles. The van der Waals surface area contributed by atoms with E-state index in [0.717, 1.165) is 5.56 Å². The first-order valence-corrected chi connectivity index (χ1v) is 6.99. The van der Waals surface area contributed by atoms with Gasteiger partial charge in [0, 0.05) is 11.6 Å². The van der Waals surface area contributed by atoms with E-state index in [2.05, 4.69) is 15.3 Å². The van der Waals surface area contributed by atoms with Crippen LogP contribution in [-0.4, -0.2) is 27.5 Å². The average Bonchev–Trinajstić information content (AvgIpc) is 2.98. The van der Waals surface area contributed by atoms with Crippen LogP contribution < -0.4 is 5.32 Å². The normalized spacial score (nSPS) is 13.0. The van der Waals surface area contributed by atoms with Crippen molar-refractivity contribution in [1.82, 2.24) is 15.3 Å². The van der Waals surface area contributed by atoms with Gasteiger partial charge >= 0.3 is 0 Å². The van der Waals surface area contributed by atoms with E-state index in [1.807, 2.05) is 26.0 Å². The Morgan fingerprint density at radius 1 is 1.52 bits per heavy atom. The van der Waals surface area contributed by atoms with E-state index in [1.54, 1.807) is 12.1 Å². The zero-order valence-electron chi connectivity index (χ0n) is 11.9. The molecule has 21 heavy (non-hydrogen) atoms. The molecule has 1 amide bonds. The van der Waals surface area contributed by atoms with Crippen molar-refractivity contribution in [2.75, 3.05) is 6.54 Å². The molecule has 112 valence electrons. The Morgan fingerprint density at radius 3 is 2.90 bits per heavy atom. The third-order valence-electron chi connectivity index (χ3n) is 3.45. The molecule has 5 nitrogen and oxygen atoms in total. The molecule has 0 radical (unpaired) electrons. The first-order chi connectivity index (χ1) is 9.91. The number of amides is 1. The number of aliphatic hydroxyl groups is 1. The van der Waals surface area contributed by atoms with Gasteiger partial charge in [-0.3, -0.25) is 4.79 Å². The largest absolute Gasteiger partial charge is 0.385 e. The fraction of sp³-hybridized carbons (Fsp3) is 0.333. The van der Waals surface area contributed by atoms with Crippen LogP contribution in [-0.2, 0) is 10.2 Å². The molecular formula is C15H18ClN3O2. The highest BCUT2D eigenvalue weighted by atomic mass is 35.5. The van der Waals surface area contributed by atoms with Gasteiger partial charge in [0.2, 0.25) is 5.91 Å². The number of hydrogen-bond donors (Lipinski definition) is 3. The van der Waals surface area contributed by atoms with Crippen molar-refractivity contribution in [3.8, 4) is 0 Å². The summed E-state index contributed by atoms with van der Waals surface area (Å²) in [5.41, 5.74) is 0.651. The number of halogens is 1. The Kier molecular flexibility index (Phi) is 4.65. The number of H-pyrrole nitrogens is 1. The van der Waals surface area contributed by atoms with Crippen molar-refractivity contribution in [1.29, 1.82) is 0 Å². The van der Waals surface area contributed by atoms with Crippen molar-refractivity contribution >= 4 is 17.5 Å². The summed E-state index contributed by atoms with van der Waals surface area (Å²) in [5, 5.41) is 13.3. The van der Waals surface area contributed by atoms with Gasteiger partial charge in [-0.2, -0.15) is 0 Å². The average molecular weight is 308 g/mol. The molecule has 1 unspecified atom stereocenters. The molecule has 1 atom stereocenters. The number of aromatic amines is 1. The summed E-state index contributed by atoms with van der Waals surface area (Å²) in [6.45, 7) is 3.75. The Bertz CT molecular complexity index is 611. The molecule has 0 aliphatic carbocycles. The highest BCUT2D eigenvalue weighted by Gasteiger charge is 2.30. The van der Waals surface area contributed by atoms with Crippen LogP contribution in [0.1, 0.15) is 31.2 Å². The molecular weight excluding hydrogens is 290 g/mol. The molecule has 0 saturated heterocycles. The second kappa shape index (κ2) is 6.28. The zero-order chi connectivity index (χ0) is 15.5. The highest BCUT2D eigenvalue weighted by molar-refractivity contribution is 6.30. The number of aliphatic hydroxyl groups excluding tert-OH is 1. The lowest BCUT2D eigenvalue weighted by molar-refractivity contribution is -0.126. The van der Waals surface area contributed by atoms with Gasteiger partial charge in [0.15, 0.2) is 0 Å². The van der Waals surface area contributed by atoms with Gasteiger partial charge in [0.05, 0.1) is 23.6 Å². The number of nitrogens with one attached hydrogen (secondary N) is 2. The maximum absolute atomic E-state index is 12.4. The minimum Gasteiger partial charge on any atom is -0.385 e. The van der Waals surface area contributed by atoms with E-state index in [-0.39, 0.29) is 12.5 Å². The van der Waals surface area contributed by atoms with Crippen LogP contribution in [0.15, 0.2) is 36.8 Å². The van der Waals surface area contributed by atoms with Crippen LogP contribution in [0.4, 0.5) is 0 Å². The van der Waals surface area contributed by atoms with Crippen LogP contribution >= 0.6 is 11.6 Å². The minimum atomic E-state index is -0.813. The molecule has 0 fully saturated rings. The third kappa shape index (κ3) is 3.62. The molecule has 0 aliphatic rings. The lowest BCUT2D eigenvalue weighted by atomic mass is 9.83. The topological polar surface area (TPSA) is 78.0 Å². The van der Waals surface area contributed by atoms with E-state index < -0.39 is 11.5 Å². The lowest BCUT2D eigenvalue weighted by Gasteiger charge is -2.25. The van der Waals surface area contributed by atoms with Gasteiger partial charge in [-0.05, 0) is 31.5 Å². The van der Waals surface area contributed by atoms with Gasteiger partial charge in [-0.1, -0.05) is 23.7 Å². The maximum Gasteiger partial charge on any atom is 0.230 e. The Morgan fingerprint density at radius 2 is 2.29 bits per heavy atom. The van der Waals surface area contributed by atoms with E-state index in [9.17, 15) is 9.90 Å². The summed E-state index contributed by atoms with van der Waals surface area (Å²) in [6, 6.07) is 7.20. The standard InChI is InChI=1S/C15H18ClN3O2/c1-15(2,10-4-3-5-11(16)6-10)14(21)18-8-13(20)12-7-17-9-19-12/h3-7,9,13,20H,8H2,1-2H3,(H,17,19)(H,18,21). The SMILES string of the molecule is CC(C)(C(=O)NCC(O)c1cnc[nH]1)c1cccc(Cl)c1. The second-order valence-corrected chi connectivity index (χ2v) is 5.80. The number of carbonyl (C=O) groups is 1. The van der Waals surface area contributed by atoms with Crippen molar-refractivity contribution in [2.24, 2.45) is 0 Å². The summed E-state index contributed by atoms with van der Waals surface area (Å²) < 4.78 is 0. The number of benzene rings is 1. The van der Waals surface area contributed by atoms with Crippen LogP contribution in [0, 0.1) is 0 Å². The van der Waals surface area contributed by atoms with Crippen molar-refractivity contribution in [3.05, 3.63) is 53.1 Å². The van der Waals surface area contributed by atoms with Crippen LogP contribution in [0.5, 0.6) is 0 Å². The van der Waals surface area contributed by atoms with Gasteiger partial charge in [-0.25, -0.2) is 4.98 Å². The smallest absolute Gasteiger partial charge is 0.230 e. The number of carbonyl (C=O) groups excluding carboxylic acids is 1. The quantitative estimate of drug-likeness (QED) is 0.792. The second-order valence-electron chi connectivity index (χ2n) is 5.37. The molecule has 0 bridgehead atoms. The molecule has 1 aromatic heterocycles. The van der Waals surface area contributed by atoms with Crippen LogP contribution in [0.2, 0.25) is 5.02 Å². The van der Waals surface area contributed by atoms with Crippen LogP contribution in [0.3, 0.4) is 0 Å². The first-order valence-electron chi connectivity index (χ1n) is 6.62. The lowest BCUT2D eigenvalue weighted by Crippen LogP contribution is -2.41. The summed E-state index contributed by atoms with van der Waals surface area (Å²) in [5.74, 6) is -0.177. The van der Waals surface area contributed by atoms with Gasteiger partial charge in [-0.15, -0.1) is 0 Å². The third-order valence-corrected chi connectivity index (χ3v) is 3.68. The molecule has 0 spiro atoms. The highest BCUT2D eigenvalue weighted by Crippen LogP contribution is 2.26. The zero-order valence-corrected chi connectivity index (χ0v) is 12.7. The molecule has 2 aromatic rings. The Balaban J connectivity index is 2.02. The van der Waals surface area contributed by atoms with Gasteiger partial charge < -0.3 is 15.4 Å². The molecule has 3 N–H and O–H groups in total. The molecule has 0 aliphatic heterocycles. The molecule has 1 heterocycles. The monoisotopic (exact) mass is 307 g/mol. The summed E-state index contributed by atoms with van der Waals surface area (Å²) in [6.07, 6.45) is 2.20. The predicted octanol–water partition coefficient (Wildman–Crippen LogP) is 2.19. The minimum absolute atomic E-state index is 0.116. The Labute approximate surface area is 128 Å². The number of hydrogen-bond acceptors (Lipinski definition) is 3. The maximum atomic E-state index is 12.4. The fourth-order valence-corrected chi connectivity index (χ4v) is 2.17. The van der Waals surface area contributed by atoms with E-state index in [1.165, 1.54) is 12.5 Å². The van der Waals surface area contributed by atoms with Gasteiger partial charge in [0.25, 0.3) is 0 Å². The van der Waals surface area contributed by atoms with E-state index >= 15 is 0 Å². The number of nitrogens with zero attached hydrogens (tertiary/aromatic N) is 1. The number of imidazole rings is 1. The summed E-state index contributed by atoms with van der Waals surface area (Å²) >= 11 is 5.97. The Hall–Kier alpha value is -1.85. The van der Waals surface area contributed by atoms with E-state index in [4.69, 9.17) is 11.6 Å². The van der Waals surface area contributed by atoms with Crippen molar-refractivity contribution in [2.45, 2.75) is 25.4 Å². The fourth-order valence-electron chi connectivity index (χ4n) is 1.98. The van der Waals surface area contributed by atoms with E-state index in [0.29, 0.717) is 10.7 Å². The summed E-state index contributed by atoms with van der Waals surface area (Å²) in [4.78, 5) is 19.0. The summed E-state index contributed by atoms with van der Waals surface area (Å²) in [7, 11) is 0. The molecule has 2 rings (SSSR count). The predicted molar refractivity (Wildman–Crippen MR) is 81.0 cm³/mol. The van der Waals surface area contributed by atoms with Crippen LogP contribution in [0.25, 0.3) is 0 Å². The number of rotatable bonds is 5. The first kappa shape index (κ1) is 15.5. The molecule has 6 heteroatoms.